The van der Waals surface area contributed by atoms with Gasteiger partial charge in [-0.15, -0.1) is 0 Å². The summed E-state index contributed by atoms with van der Waals surface area (Å²) in [5.41, 5.74) is 9.81. The SMILES string of the molecule is [2H]c1c([2H])c([2H])c(-c2ccc3c4c(cccc24)-c2cc(-c4cccc(-c5ccc6ccc7cccc8ccc5c6c78)c4)ccc2C3(C)C)c([2H])c1[2H]. The molecule has 0 fully saturated rings. The smallest absolute Gasteiger partial charge is 0.0622 e. The predicted molar refractivity (Wildman–Crippen MR) is 202 cm³/mol. The minimum atomic E-state index is -0.382. The minimum Gasteiger partial charge on any atom is -0.0622 e. The maximum Gasteiger partial charge on any atom is 0.0629 e. The largest absolute Gasteiger partial charge is 0.0629 e. The number of benzene rings is 9. The third-order valence-corrected chi connectivity index (χ3v) is 10.5. The van der Waals surface area contributed by atoms with Crippen LogP contribution in [0.2, 0.25) is 0 Å². The zero-order valence-electron chi connectivity index (χ0n) is 31.1. The molecule has 1 aliphatic carbocycles. The van der Waals surface area contributed by atoms with Gasteiger partial charge >= 0.3 is 0 Å². The fourth-order valence-corrected chi connectivity index (χ4v) is 8.24. The molecular formula is C47H32. The Morgan fingerprint density at radius 3 is 1.87 bits per heavy atom. The Morgan fingerprint density at radius 1 is 0.404 bits per heavy atom. The van der Waals surface area contributed by atoms with Gasteiger partial charge in [0, 0.05) is 5.41 Å². The molecule has 0 saturated heterocycles. The first-order valence-electron chi connectivity index (χ1n) is 18.7. The van der Waals surface area contributed by atoms with Crippen LogP contribution in [0.5, 0.6) is 0 Å². The molecule has 0 nitrogen and oxygen atoms in total. The molecule has 220 valence electrons. The summed E-state index contributed by atoms with van der Waals surface area (Å²) in [5.74, 6) is 0. The van der Waals surface area contributed by atoms with Gasteiger partial charge in [0.15, 0.2) is 0 Å². The summed E-state index contributed by atoms with van der Waals surface area (Å²) >= 11 is 0. The van der Waals surface area contributed by atoms with Gasteiger partial charge in [-0.1, -0.05) is 159 Å². The van der Waals surface area contributed by atoms with Crippen molar-refractivity contribution in [2.24, 2.45) is 0 Å². The molecule has 0 aromatic heterocycles. The van der Waals surface area contributed by atoms with Crippen molar-refractivity contribution in [3.05, 3.63) is 169 Å². The van der Waals surface area contributed by atoms with E-state index in [1.807, 2.05) is 18.2 Å². The summed E-state index contributed by atoms with van der Waals surface area (Å²) in [6.07, 6.45) is 0. The molecule has 1 aliphatic rings. The Hall–Kier alpha value is -5.72. The Labute approximate surface area is 281 Å². The van der Waals surface area contributed by atoms with Gasteiger partial charge in [0.2, 0.25) is 0 Å². The van der Waals surface area contributed by atoms with Crippen molar-refractivity contribution >= 4 is 43.1 Å². The van der Waals surface area contributed by atoms with Crippen LogP contribution in [0.1, 0.15) is 31.8 Å². The van der Waals surface area contributed by atoms with Crippen molar-refractivity contribution in [2.75, 3.05) is 0 Å². The summed E-state index contributed by atoms with van der Waals surface area (Å²) in [5, 5.41) is 9.59. The molecule has 10 rings (SSSR count). The molecule has 0 radical (unpaired) electrons. The Morgan fingerprint density at radius 2 is 1.02 bits per heavy atom. The standard InChI is InChI=1S/C47H32/c1-47(2)42-25-21-34(28-41(42)39-16-8-15-38-36(24-26-43(47)46(38)39)29-9-4-3-5-10-29)33-13-7-14-35(27-33)37-22-19-32-18-17-30-11-6-12-31-20-23-40(37)45(32)44(30)31/h3-28H,1-2H3/i3D,4D,5D,9D,10D. The van der Waals surface area contributed by atoms with Crippen LogP contribution < -0.4 is 0 Å². The van der Waals surface area contributed by atoms with E-state index in [0.29, 0.717) is 5.56 Å². The first-order valence-corrected chi connectivity index (χ1v) is 16.2. The molecule has 0 spiro atoms. The fraction of sp³-hybridized carbons (Fsp3) is 0.0638. The van der Waals surface area contributed by atoms with Crippen LogP contribution >= 0.6 is 0 Å². The minimum absolute atomic E-state index is 0.186. The topological polar surface area (TPSA) is 0 Å². The van der Waals surface area contributed by atoms with Crippen molar-refractivity contribution < 1.29 is 6.85 Å². The summed E-state index contributed by atoms with van der Waals surface area (Å²) in [6.45, 7) is 4.49. The van der Waals surface area contributed by atoms with Gasteiger partial charge in [-0.2, -0.15) is 0 Å². The second-order valence-corrected chi connectivity index (χ2v) is 13.3. The van der Waals surface area contributed by atoms with E-state index in [2.05, 4.69) is 123 Å². The van der Waals surface area contributed by atoms with Gasteiger partial charge < -0.3 is 0 Å². The Balaban J connectivity index is 1.15. The highest BCUT2D eigenvalue weighted by molar-refractivity contribution is 6.25. The van der Waals surface area contributed by atoms with Gasteiger partial charge in [0.25, 0.3) is 0 Å². The lowest BCUT2D eigenvalue weighted by Gasteiger charge is -2.36. The van der Waals surface area contributed by atoms with Crippen LogP contribution in [0.4, 0.5) is 0 Å². The average molecular weight is 602 g/mol. The van der Waals surface area contributed by atoms with E-state index in [0.717, 1.165) is 38.6 Å². The number of hydrogen-bond donors (Lipinski definition) is 0. The quantitative estimate of drug-likeness (QED) is 0.177. The molecule has 9 aromatic carbocycles. The highest BCUT2D eigenvalue weighted by atomic mass is 14.4. The van der Waals surface area contributed by atoms with Crippen LogP contribution in [0, 0.1) is 0 Å². The highest BCUT2D eigenvalue weighted by Crippen LogP contribution is 2.51. The average Bonchev–Trinajstić information content (AvgIpc) is 3.17. The van der Waals surface area contributed by atoms with Gasteiger partial charge in [0.1, 0.15) is 0 Å². The maximum absolute atomic E-state index is 8.74. The lowest BCUT2D eigenvalue weighted by atomic mass is 9.67. The molecule has 0 N–H and O–H groups in total. The molecule has 0 heterocycles. The van der Waals surface area contributed by atoms with Gasteiger partial charge in [0.05, 0.1) is 6.85 Å². The molecule has 0 aliphatic heterocycles. The number of rotatable bonds is 3. The molecule has 0 atom stereocenters. The first kappa shape index (κ1) is 21.9. The zero-order valence-corrected chi connectivity index (χ0v) is 26.1. The van der Waals surface area contributed by atoms with Crippen molar-refractivity contribution in [2.45, 2.75) is 19.3 Å². The van der Waals surface area contributed by atoms with Gasteiger partial charge in [-0.3, -0.25) is 0 Å². The fourth-order valence-electron chi connectivity index (χ4n) is 8.24. The van der Waals surface area contributed by atoms with Crippen molar-refractivity contribution in [3.63, 3.8) is 0 Å². The zero-order chi connectivity index (χ0) is 35.6. The van der Waals surface area contributed by atoms with E-state index < -0.39 is 0 Å². The van der Waals surface area contributed by atoms with Crippen molar-refractivity contribution in [1.82, 2.24) is 0 Å². The summed E-state index contributed by atoms with van der Waals surface area (Å²) < 4.78 is 42.3. The molecule has 9 aromatic rings. The monoisotopic (exact) mass is 601 g/mol. The Kier molecular flexibility index (Phi) is 4.50. The van der Waals surface area contributed by atoms with E-state index in [1.54, 1.807) is 0 Å². The van der Waals surface area contributed by atoms with Crippen LogP contribution in [0.25, 0.3) is 87.6 Å². The maximum atomic E-state index is 8.74. The second-order valence-electron chi connectivity index (χ2n) is 13.3. The summed E-state index contributed by atoms with van der Waals surface area (Å²) in [7, 11) is 0. The predicted octanol–water partition coefficient (Wildman–Crippen LogP) is 13.0. The lowest BCUT2D eigenvalue weighted by Crippen LogP contribution is -2.23. The van der Waals surface area contributed by atoms with Crippen LogP contribution in [-0.4, -0.2) is 0 Å². The van der Waals surface area contributed by atoms with E-state index in [9.17, 15) is 0 Å². The third kappa shape index (κ3) is 3.76. The van der Waals surface area contributed by atoms with E-state index in [1.165, 1.54) is 49.0 Å². The number of fused-ring (bicyclic) bond motifs is 2. The van der Waals surface area contributed by atoms with Gasteiger partial charge in [-0.25, -0.2) is 0 Å². The van der Waals surface area contributed by atoms with Crippen molar-refractivity contribution in [1.29, 1.82) is 0 Å². The third-order valence-electron chi connectivity index (χ3n) is 10.5. The normalized spacial score (nSPS) is 15.0. The highest BCUT2D eigenvalue weighted by Gasteiger charge is 2.34. The molecule has 47 heavy (non-hydrogen) atoms. The molecule has 0 unspecified atom stereocenters. The Bertz CT molecular complexity index is 2950. The van der Waals surface area contributed by atoms with Crippen LogP contribution in [0.3, 0.4) is 0 Å². The van der Waals surface area contributed by atoms with E-state index >= 15 is 0 Å². The van der Waals surface area contributed by atoms with Crippen LogP contribution in [0.15, 0.2) is 158 Å². The van der Waals surface area contributed by atoms with Crippen LogP contribution in [-0.2, 0) is 5.41 Å². The summed E-state index contributed by atoms with van der Waals surface area (Å²) in [4.78, 5) is 0. The number of hydrogen-bond acceptors (Lipinski definition) is 0. The molecule has 0 amide bonds. The van der Waals surface area contributed by atoms with Gasteiger partial charge in [-0.05, 0) is 111 Å². The molecular weight excluding hydrogens is 565 g/mol. The summed E-state index contributed by atoms with van der Waals surface area (Å²) in [6, 6.07) is 44.4. The second kappa shape index (κ2) is 9.64. The van der Waals surface area contributed by atoms with E-state index in [4.69, 9.17) is 6.85 Å². The first-order chi connectivity index (χ1) is 25.1. The lowest BCUT2D eigenvalue weighted by molar-refractivity contribution is 0.645. The molecule has 0 saturated carbocycles. The van der Waals surface area contributed by atoms with E-state index in [-0.39, 0.29) is 41.2 Å². The van der Waals surface area contributed by atoms with Crippen molar-refractivity contribution in [3.8, 4) is 44.5 Å². The molecule has 0 bridgehead atoms. The molecule has 0 heteroatoms.